The van der Waals surface area contributed by atoms with Crippen molar-refractivity contribution in [1.29, 1.82) is 0 Å². The molecular formula is C17H21NO. The predicted molar refractivity (Wildman–Crippen MR) is 79.5 cm³/mol. The molecule has 0 aromatic heterocycles. The summed E-state index contributed by atoms with van der Waals surface area (Å²) >= 11 is 0. The summed E-state index contributed by atoms with van der Waals surface area (Å²) < 4.78 is 5.24. The van der Waals surface area contributed by atoms with Crippen molar-refractivity contribution in [3.05, 3.63) is 65.7 Å². The summed E-state index contributed by atoms with van der Waals surface area (Å²) in [6.07, 6.45) is 0.854. The number of ether oxygens (including phenoxy) is 1. The molecule has 0 saturated carbocycles. The molecule has 0 heterocycles. The standard InChI is InChI=1S/C17H21NO/c1-13(15-8-4-3-5-9-15)17(18)12-14-7-6-10-16(11-14)19-2/h3-11,13,17H,12,18H2,1-2H3. The van der Waals surface area contributed by atoms with E-state index in [1.807, 2.05) is 18.2 Å². The third-order valence-electron chi connectivity index (χ3n) is 3.57. The first-order valence-corrected chi connectivity index (χ1v) is 6.64. The quantitative estimate of drug-likeness (QED) is 0.889. The summed E-state index contributed by atoms with van der Waals surface area (Å²) in [7, 11) is 1.69. The van der Waals surface area contributed by atoms with Crippen LogP contribution in [0.1, 0.15) is 24.0 Å². The van der Waals surface area contributed by atoms with Gasteiger partial charge in [-0.2, -0.15) is 0 Å². The van der Waals surface area contributed by atoms with E-state index in [2.05, 4.69) is 43.3 Å². The Labute approximate surface area is 115 Å². The summed E-state index contributed by atoms with van der Waals surface area (Å²) in [6, 6.07) is 18.6. The number of hydrogen-bond acceptors (Lipinski definition) is 2. The minimum Gasteiger partial charge on any atom is -0.497 e. The van der Waals surface area contributed by atoms with Gasteiger partial charge in [0, 0.05) is 6.04 Å². The average Bonchev–Trinajstić information content (AvgIpc) is 2.47. The molecule has 2 unspecified atom stereocenters. The van der Waals surface area contributed by atoms with Crippen LogP contribution in [0.4, 0.5) is 0 Å². The van der Waals surface area contributed by atoms with Crippen molar-refractivity contribution in [3.63, 3.8) is 0 Å². The van der Waals surface area contributed by atoms with E-state index in [0.29, 0.717) is 5.92 Å². The molecule has 2 heteroatoms. The molecule has 2 N–H and O–H groups in total. The minimum atomic E-state index is 0.106. The van der Waals surface area contributed by atoms with Crippen molar-refractivity contribution in [2.24, 2.45) is 5.73 Å². The fraction of sp³-hybridized carbons (Fsp3) is 0.294. The van der Waals surface area contributed by atoms with Gasteiger partial charge in [0.15, 0.2) is 0 Å². The zero-order valence-corrected chi connectivity index (χ0v) is 11.5. The topological polar surface area (TPSA) is 35.2 Å². The second-order valence-corrected chi connectivity index (χ2v) is 4.92. The van der Waals surface area contributed by atoms with Crippen LogP contribution >= 0.6 is 0 Å². The molecule has 19 heavy (non-hydrogen) atoms. The summed E-state index contributed by atoms with van der Waals surface area (Å²) in [5, 5.41) is 0. The highest BCUT2D eigenvalue weighted by Gasteiger charge is 2.15. The Morgan fingerprint density at radius 1 is 1.05 bits per heavy atom. The van der Waals surface area contributed by atoms with Gasteiger partial charge in [0.1, 0.15) is 5.75 Å². The molecule has 2 rings (SSSR count). The van der Waals surface area contributed by atoms with Gasteiger partial charge in [-0.05, 0) is 35.6 Å². The van der Waals surface area contributed by atoms with E-state index in [9.17, 15) is 0 Å². The second kappa shape index (κ2) is 6.39. The van der Waals surface area contributed by atoms with E-state index in [4.69, 9.17) is 10.5 Å². The molecule has 0 fully saturated rings. The normalized spacial score (nSPS) is 13.8. The lowest BCUT2D eigenvalue weighted by atomic mass is 9.90. The fourth-order valence-corrected chi connectivity index (χ4v) is 2.25. The van der Waals surface area contributed by atoms with E-state index in [-0.39, 0.29) is 6.04 Å². The van der Waals surface area contributed by atoms with E-state index in [1.165, 1.54) is 11.1 Å². The molecule has 0 aliphatic carbocycles. The second-order valence-electron chi connectivity index (χ2n) is 4.92. The lowest BCUT2D eigenvalue weighted by Crippen LogP contribution is -2.29. The molecule has 100 valence electrons. The Balaban J connectivity index is 2.06. The molecule has 0 spiro atoms. The molecule has 2 atom stereocenters. The monoisotopic (exact) mass is 255 g/mol. The van der Waals surface area contributed by atoms with Crippen LogP contribution in [-0.2, 0) is 6.42 Å². The van der Waals surface area contributed by atoms with Gasteiger partial charge in [-0.15, -0.1) is 0 Å². The molecule has 0 aliphatic heterocycles. The van der Waals surface area contributed by atoms with Crippen LogP contribution in [0.3, 0.4) is 0 Å². The number of rotatable bonds is 5. The van der Waals surface area contributed by atoms with Crippen molar-refractivity contribution in [2.75, 3.05) is 7.11 Å². The first-order chi connectivity index (χ1) is 9.20. The van der Waals surface area contributed by atoms with Crippen molar-refractivity contribution in [1.82, 2.24) is 0 Å². The van der Waals surface area contributed by atoms with Crippen LogP contribution < -0.4 is 10.5 Å². The van der Waals surface area contributed by atoms with Crippen molar-refractivity contribution >= 4 is 0 Å². The first-order valence-electron chi connectivity index (χ1n) is 6.64. The molecule has 0 aliphatic rings. The molecule has 0 bridgehead atoms. The van der Waals surface area contributed by atoms with Crippen LogP contribution in [0.2, 0.25) is 0 Å². The van der Waals surface area contributed by atoms with Crippen LogP contribution in [0, 0.1) is 0 Å². The molecule has 2 aromatic carbocycles. The van der Waals surface area contributed by atoms with Crippen LogP contribution in [-0.4, -0.2) is 13.2 Å². The predicted octanol–water partition coefficient (Wildman–Crippen LogP) is 3.37. The van der Waals surface area contributed by atoms with Crippen molar-refractivity contribution in [2.45, 2.75) is 25.3 Å². The van der Waals surface area contributed by atoms with Crippen LogP contribution in [0.5, 0.6) is 5.75 Å². The Morgan fingerprint density at radius 3 is 2.47 bits per heavy atom. The zero-order valence-electron chi connectivity index (χ0n) is 11.5. The fourth-order valence-electron chi connectivity index (χ4n) is 2.25. The highest BCUT2D eigenvalue weighted by molar-refractivity contribution is 5.30. The van der Waals surface area contributed by atoms with Gasteiger partial charge in [-0.3, -0.25) is 0 Å². The molecule has 2 nitrogen and oxygen atoms in total. The molecular weight excluding hydrogens is 234 g/mol. The summed E-state index contributed by atoms with van der Waals surface area (Å²) in [4.78, 5) is 0. The third kappa shape index (κ3) is 3.58. The zero-order chi connectivity index (χ0) is 13.7. The number of benzene rings is 2. The summed E-state index contributed by atoms with van der Waals surface area (Å²) in [5.74, 6) is 1.23. The smallest absolute Gasteiger partial charge is 0.119 e. The summed E-state index contributed by atoms with van der Waals surface area (Å²) in [6.45, 7) is 2.18. The van der Waals surface area contributed by atoms with E-state index < -0.39 is 0 Å². The van der Waals surface area contributed by atoms with Crippen molar-refractivity contribution in [3.8, 4) is 5.75 Å². The minimum absolute atomic E-state index is 0.106. The van der Waals surface area contributed by atoms with Crippen molar-refractivity contribution < 1.29 is 4.74 Å². The number of hydrogen-bond donors (Lipinski definition) is 1. The Morgan fingerprint density at radius 2 is 1.79 bits per heavy atom. The van der Waals surface area contributed by atoms with Gasteiger partial charge in [-0.1, -0.05) is 49.4 Å². The van der Waals surface area contributed by atoms with E-state index in [0.717, 1.165) is 12.2 Å². The lowest BCUT2D eigenvalue weighted by molar-refractivity contribution is 0.414. The Hall–Kier alpha value is -1.80. The van der Waals surface area contributed by atoms with Gasteiger partial charge >= 0.3 is 0 Å². The third-order valence-corrected chi connectivity index (χ3v) is 3.57. The van der Waals surface area contributed by atoms with Gasteiger partial charge in [0.25, 0.3) is 0 Å². The average molecular weight is 255 g/mol. The Kier molecular flexibility index (Phi) is 4.58. The maximum atomic E-state index is 6.33. The highest BCUT2D eigenvalue weighted by Crippen LogP contribution is 2.21. The Bertz CT molecular complexity index is 510. The lowest BCUT2D eigenvalue weighted by Gasteiger charge is -2.20. The molecule has 0 radical (unpaired) electrons. The summed E-state index contributed by atoms with van der Waals surface area (Å²) in [5.41, 5.74) is 8.84. The van der Waals surface area contributed by atoms with Gasteiger partial charge in [-0.25, -0.2) is 0 Å². The van der Waals surface area contributed by atoms with Gasteiger partial charge in [0.05, 0.1) is 7.11 Å². The van der Waals surface area contributed by atoms with Gasteiger partial charge in [0.2, 0.25) is 0 Å². The number of methoxy groups -OCH3 is 1. The molecule has 0 saturated heterocycles. The van der Waals surface area contributed by atoms with E-state index >= 15 is 0 Å². The van der Waals surface area contributed by atoms with Crippen LogP contribution in [0.25, 0.3) is 0 Å². The molecule has 0 amide bonds. The SMILES string of the molecule is COc1cccc(CC(N)C(C)c2ccccc2)c1. The molecule has 2 aromatic rings. The number of nitrogens with two attached hydrogens (primary N) is 1. The van der Waals surface area contributed by atoms with Gasteiger partial charge < -0.3 is 10.5 Å². The first kappa shape index (κ1) is 13.6. The maximum absolute atomic E-state index is 6.33. The highest BCUT2D eigenvalue weighted by atomic mass is 16.5. The van der Waals surface area contributed by atoms with Crippen LogP contribution in [0.15, 0.2) is 54.6 Å². The van der Waals surface area contributed by atoms with E-state index in [1.54, 1.807) is 7.11 Å². The largest absolute Gasteiger partial charge is 0.497 e. The maximum Gasteiger partial charge on any atom is 0.119 e.